The average molecular weight is 287 g/mol. The third-order valence-corrected chi connectivity index (χ3v) is 3.58. The maximum atomic E-state index is 13.1. The van der Waals surface area contributed by atoms with Crippen molar-refractivity contribution in [2.24, 2.45) is 0 Å². The van der Waals surface area contributed by atoms with E-state index >= 15 is 0 Å². The smallest absolute Gasteiger partial charge is 0.349 e. The standard InChI is InChI=1S/C12H8F3NO2S/c1-5-10(12(17)18-2)19-11(16-5)6-3-7(13)9(15)8(14)4-6/h3-4H,1-2H3. The molecule has 0 unspecified atom stereocenters. The van der Waals surface area contributed by atoms with Gasteiger partial charge in [-0.1, -0.05) is 0 Å². The van der Waals surface area contributed by atoms with Crippen molar-refractivity contribution in [3.8, 4) is 10.6 Å². The van der Waals surface area contributed by atoms with Gasteiger partial charge in [0.1, 0.15) is 9.88 Å². The number of aryl methyl sites for hydroxylation is 1. The second-order valence-electron chi connectivity index (χ2n) is 3.68. The Labute approximate surface area is 110 Å². The van der Waals surface area contributed by atoms with Gasteiger partial charge in [-0.25, -0.2) is 22.9 Å². The summed E-state index contributed by atoms with van der Waals surface area (Å²) in [5, 5.41) is 0.218. The summed E-state index contributed by atoms with van der Waals surface area (Å²) in [6.45, 7) is 1.57. The van der Waals surface area contributed by atoms with Crippen LogP contribution in [-0.4, -0.2) is 18.1 Å². The van der Waals surface area contributed by atoms with Crippen LogP contribution in [0.1, 0.15) is 15.4 Å². The summed E-state index contributed by atoms with van der Waals surface area (Å²) < 4.78 is 43.7. The van der Waals surface area contributed by atoms with Crippen LogP contribution in [0.5, 0.6) is 0 Å². The fraction of sp³-hybridized carbons (Fsp3) is 0.167. The van der Waals surface area contributed by atoms with E-state index in [4.69, 9.17) is 0 Å². The van der Waals surface area contributed by atoms with Crippen LogP contribution in [0, 0.1) is 24.4 Å². The third-order valence-electron chi connectivity index (χ3n) is 2.40. The normalized spacial score (nSPS) is 10.6. The van der Waals surface area contributed by atoms with Crippen LogP contribution in [0.2, 0.25) is 0 Å². The molecule has 0 saturated heterocycles. The van der Waals surface area contributed by atoms with Crippen LogP contribution in [0.4, 0.5) is 13.2 Å². The molecule has 0 saturated carbocycles. The van der Waals surface area contributed by atoms with Crippen LogP contribution >= 0.6 is 11.3 Å². The Balaban J connectivity index is 2.51. The van der Waals surface area contributed by atoms with Crippen LogP contribution in [0.15, 0.2) is 12.1 Å². The number of esters is 1. The molecule has 0 atom stereocenters. The molecule has 0 aliphatic heterocycles. The fourth-order valence-electron chi connectivity index (χ4n) is 1.48. The van der Waals surface area contributed by atoms with E-state index in [9.17, 15) is 18.0 Å². The van der Waals surface area contributed by atoms with Gasteiger partial charge in [-0.2, -0.15) is 0 Å². The lowest BCUT2D eigenvalue weighted by Crippen LogP contribution is -1.99. The number of carbonyl (C=O) groups excluding carboxylic acids is 1. The Morgan fingerprint density at radius 1 is 1.26 bits per heavy atom. The minimum absolute atomic E-state index is 0.0691. The zero-order chi connectivity index (χ0) is 14.2. The molecule has 2 aromatic rings. The van der Waals surface area contributed by atoms with Crippen molar-refractivity contribution >= 4 is 17.3 Å². The molecule has 100 valence electrons. The Morgan fingerprint density at radius 2 is 1.84 bits per heavy atom. The van der Waals surface area contributed by atoms with Crippen molar-refractivity contribution in [3.05, 3.63) is 40.2 Å². The largest absolute Gasteiger partial charge is 0.465 e. The Bertz CT molecular complexity index is 631. The molecule has 1 aromatic carbocycles. The summed E-state index contributed by atoms with van der Waals surface area (Å²) in [5.41, 5.74) is 0.455. The van der Waals surface area contributed by atoms with Gasteiger partial charge in [0, 0.05) is 5.56 Å². The van der Waals surface area contributed by atoms with Gasteiger partial charge < -0.3 is 4.74 Å². The second-order valence-corrected chi connectivity index (χ2v) is 4.68. The first-order valence-corrected chi connectivity index (χ1v) is 5.96. The Hall–Kier alpha value is -1.89. The van der Waals surface area contributed by atoms with Crippen molar-refractivity contribution in [2.45, 2.75) is 6.92 Å². The predicted molar refractivity (Wildman–Crippen MR) is 63.5 cm³/mol. The van der Waals surface area contributed by atoms with E-state index < -0.39 is 23.4 Å². The van der Waals surface area contributed by atoms with E-state index in [0.717, 1.165) is 23.5 Å². The van der Waals surface area contributed by atoms with E-state index in [1.54, 1.807) is 6.92 Å². The molecule has 3 nitrogen and oxygen atoms in total. The lowest BCUT2D eigenvalue weighted by molar-refractivity contribution is 0.0605. The number of ether oxygens (including phenoxy) is 1. The molecule has 19 heavy (non-hydrogen) atoms. The van der Waals surface area contributed by atoms with Crippen LogP contribution in [0.25, 0.3) is 10.6 Å². The molecule has 0 aliphatic carbocycles. The fourth-order valence-corrected chi connectivity index (χ4v) is 2.45. The van der Waals surface area contributed by atoms with Gasteiger partial charge in [0.2, 0.25) is 0 Å². The van der Waals surface area contributed by atoms with Crippen LogP contribution in [-0.2, 0) is 4.74 Å². The molecule has 2 rings (SSSR count). The molecular weight excluding hydrogens is 279 g/mol. The summed E-state index contributed by atoms with van der Waals surface area (Å²) in [6, 6.07) is 1.66. The Morgan fingerprint density at radius 3 is 2.37 bits per heavy atom. The highest BCUT2D eigenvalue weighted by atomic mass is 32.1. The molecule has 1 heterocycles. The van der Waals surface area contributed by atoms with Crippen LogP contribution in [0.3, 0.4) is 0 Å². The maximum absolute atomic E-state index is 13.1. The van der Waals surface area contributed by atoms with E-state index in [2.05, 4.69) is 9.72 Å². The first-order valence-electron chi connectivity index (χ1n) is 5.14. The minimum atomic E-state index is -1.54. The van der Waals surface area contributed by atoms with Gasteiger partial charge >= 0.3 is 5.97 Å². The number of carbonyl (C=O) groups is 1. The van der Waals surface area contributed by atoms with Crippen molar-refractivity contribution in [2.75, 3.05) is 7.11 Å². The van der Waals surface area contributed by atoms with Gasteiger partial charge in [0.05, 0.1) is 12.8 Å². The zero-order valence-corrected chi connectivity index (χ0v) is 10.8. The number of aromatic nitrogens is 1. The zero-order valence-electron chi connectivity index (χ0n) is 9.96. The summed E-state index contributed by atoms with van der Waals surface area (Å²) in [5.74, 6) is -4.72. The molecule has 0 amide bonds. The number of halogens is 3. The van der Waals surface area contributed by atoms with Crippen molar-refractivity contribution in [1.82, 2.24) is 4.98 Å². The highest BCUT2D eigenvalue weighted by Crippen LogP contribution is 2.30. The van der Waals surface area contributed by atoms with E-state index in [1.807, 2.05) is 0 Å². The number of methoxy groups -OCH3 is 1. The lowest BCUT2D eigenvalue weighted by atomic mass is 10.2. The SMILES string of the molecule is COC(=O)c1sc(-c2cc(F)c(F)c(F)c2)nc1C. The molecule has 0 radical (unpaired) electrons. The molecule has 0 spiro atoms. The number of benzene rings is 1. The van der Waals surface area contributed by atoms with E-state index in [-0.39, 0.29) is 15.4 Å². The first-order chi connectivity index (χ1) is 8.93. The third kappa shape index (κ3) is 2.46. The quantitative estimate of drug-likeness (QED) is 0.628. The number of rotatable bonds is 2. The maximum Gasteiger partial charge on any atom is 0.349 e. The molecule has 0 bridgehead atoms. The lowest BCUT2D eigenvalue weighted by Gasteiger charge is -1.99. The highest BCUT2D eigenvalue weighted by molar-refractivity contribution is 7.17. The topological polar surface area (TPSA) is 39.2 Å². The van der Waals surface area contributed by atoms with Gasteiger partial charge in [-0.3, -0.25) is 0 Å². The van der Waals surface area contributed by atoms with Crippen molar-refractivity contribution < 1.29 is 22.7 Å². The van der Waals surface area contributed by atoms with Gasteiger partial charge in [-0.05, 0) is 19.1 Å². The highest BCUT2D eigenvalue weighted by Gasteiger charge is 2.19. The number of thiazole rings is 1. The number of nitrogens with zero attached hydrogens (tertiary/aromatic N) is 1. The summed E-state index contributed by atoms with van der Waals surface area (Å²) in [4.78, 5) is 15.7. The predicted octanol–water partition coefficient (Wildman–Crippen LogP) is 3.32. The number of hydrogen-bond acceptors (Lipinski definition) is 4. The molecule has 0 N–H and O–H groups in total. The van der Waals surface area contributed by atoms with Crippen molar-refractivity contribution in [1.29, 1.82) is 0 Å². The van der Waals surface area contributed by atoms with Gasteiger partial charge in [-0.15, -0.1) is 11.3 Å². The molecule has 0 aliphatic rings. The molecule has 7 heteroatoms. The first kappa shape index (κ1) is 13.5. The Kier molecular flexibility index (Phi) is 3.57. The minimum Gasteiger partial charge on any atom is -0.465 e. The molecular formula is C12H8F3NO2S. The van der Waals surface area contributed by atoms with Crippen molar-refractivity contribution in [3.63, 3.8) is 0 Å². The second kappa shape index (κ2) is 5.00. The van der Waals surface area contributed by atoms with Gasteiger partial charge in [0.25, 0.3) is 0 Å². The average Bonchev–Trinajstić information content (AvgIpc) is 2.76. The van der Waals surface area contributed by atoms with Crippen LogP contribution < -0.4 is 0 Å². The van der Waals surface area contributed by atoms with Gasteiger partial charge in [0.15, 0.2) is 17.5 Å². The molecule has 0 fully saturated rings. The summed E-state index contributed by atoms with van der Waals surface area (Å²) in [6.07, 6.45) is 0. The van der Waals surface area contributed by atoms with E-state index in [1.165, 1.54) is 7.11 Å². The number of hydrogen-bond donors (Lipinski definition) is 0. The van der Waals surface area contributed by atoms with E-state index in [0.29, 0.717) is 5.69 Å². The monoisotopic (exact) mass is 287 g/mol. The summed E-state index contributed by atoms with van der Waals surface area (Å²) >= 11 is 0.927. The summed E-state index contributed by atoms with van der Waals surface area (Å²) in [7, 11) is 1.22. The molecule has 1 aromatic heterocycles.